The van der Waals surface area contributed by atoms with Crippen LogP contribution in [0.4, 0.5) is 5.69 Å². The van der Waals surface area contributed by atoms with E-state index < -0.39 is 6.29 Å². The highest BCUT2D eigenvalue weighted by Crippen LogP contribution is 2.30. The Labute approximate surface area is 115 Å². The number of rotatable bonds is 3. The molecule has 104 valence electrons. The summed E-state index contributed by atoms with van der Waals surface area (Å²) in [6, 6.07) is 8.83. The second-order valence-electron chi connectivity index (χ2n) is 4.63. The van der Waals surface area contributed by atoms with Gasteiger partial charge in [0.25, 0.3) is 5.69 Å². The maximum absolute atomic E-state index is 11.2. The van der Waals surface area contributed by atoms with Crippen LogP contribution in [0.1, 0.15) is 17.5 Å². The molecule has 1 fully saturated rings. The molecule has 1 saturated heterocycles. The van der Waals surface area contributed by atoms with Crippen LogP contribution in [0.15, 0.2) is 36.5 Å². The largest absolute Gasteiger partial charge is 0.345 e. The summed E-state index contributed by atoms with van der Waals surface area (Å²) < 4.78 is 12.7. The second kappa shape index (κ2) is 5.07. The minimum atomic E-state index is -0.467. The van der Waals surface area contributed by atoms with Gasteiger partial charge in [0.2, 0.25) is 0 Å². The molecule has 2 heterocycles. The lowest BCUT2D eigenvalue weighted by Crippen LogP contribution is -2.08. The number of nitro benzene ring substituents is 1. The van der Waals surface area contributed by atoms with E-state index in [1.54, 1.807) is 22.9 Å². The van der Waals surface area contributed by atoms with Crippen LogP contribution in [0.3, 0.4) is 0 Å². The lowest BCUT2D eigenvalue weighted by atomic mass is 10.2. The van der Waals surface area contributed by atoms with Gasteiger partial charge in [-0.2, -0.15) is 0 Å². The summed E-state index contributed by atoms with van der Waals surface area (Å²) in [5.74, 6) is 0. The first kappa shape index (κ1) is 12.8. The molecule has 1 aliphatic rings. The van der Waals surface area contributed by atoms with Crippen molar-refractivity contribution >= 4 is 5.69 Å². The highest BCUT2D eigenvalue weighted by molar-refractivity contribution is 5.55. The van der Waals surface area contributed by atoms with Crippen molar-refractivity contribution in [1.29, 1.82) is 0 Å². The first-order chi connectivity index (χ1) is 9.66. The number of hydrogen-bond acceptors (Lipinski definition) is 4. The molecule has 1 aliphatic heterocycles. The Morgan fingerprint density at radius 1 is 1.30 bits per heavy atom. The van der Waals surface area contributed by atoms with Crippen LogP contribution in [0.25, 0.3) is 5.69 Å². The van der Waals surface area contributed by atoms with Gasteiger partial charge in [-0.05, 0) is 30.7 Å². The fourth-order valence-corrected chi connectivity index (χ4v) is 2.32. The van der Waals surface area contributed by atoms with Crippen molar-refractivity contribution < 1.29 is 14.4 Å². The fraction of sp³-hybridized carbons (Fsp3) is 0.286. The van der Waals surface area contributed by atoms with Crippen LogP contribution in [0.5, 0.6) is 0 Å². The average molecular weight is 274 g/mol. The molecular weight excluding hydrogens is 260 g/mol. The lowest BCUT2D eigenvalue weighted by molar-refractivity contribution is -0.384. The van der Waals surface area contributed by atoms with Gasteiger partial charge in [0.05, 0.1) is 23.8 Å². The minimum Gasteiger partial charge on any atom is -0.345 e. The van der Waals surface area contributed by atoms with Crippen molar-refractivity contribution in [2.75, 3.05) is 13.2 Å². The molecule has 1 aromatic heterocycles. The Morgan fingerprint density at radius 3 is 2.75 bits per heavy atom. The van der Waals surface area contributed by atoms with Crippen LogP contribution < -0.4 is 0 Å². The summed E-state index contributed by atoms with van der Waals surface area (Å²) in [6.07, 6.45) is 1.31. The van der Waals surface area contributed by atoms with Crippen LogP contribution in [-0.2, 0) is 9.47 Å². The van der Waals surface area contributed by atoms with Crippen LogP contribution in [-0.4, -0.2) is 22.7 Å². The van der Waals surface area contributed by atoms with E-state index in [1.807, 2.05) is 25.1 Å². The Bertz CT molecular complexity index is 644. The molecule has 0 amide bonds. The molecule has 1 aromatic carbocycles. The molecule has 6 nitrogen and oxygen atoms in total. The Morgan fingerprint density at radius 2 is 2.05 bits per heavy atom. The van der Waals surface area contributed by atoms with Crippen LogP contribution in [0.2, 0.25) is 0 Å². The maximum atomic E-state index is 11.2. The van der Waals surface area contributed by atoms with Crippen molar-refractivity contribution in [1.82, 2.24) is 4.57 Å². The molecule has 0 bridgehead atoms. The van der Waals surface area contributed by atoms with Gasteiger partial charge in [-0.15, -0.1) is 0 Å². The number of ether oxygens (including phenoxy) is 2. The number of nitro groups is 1. The summed E-state index contributed by atoms with van der Waals surface area (Å²) >= 11 is 0. The van der Waals surface area contributed by atoms with E-state index in [2.05, 4.69) is 0 Å². The first-order valence-electron chi connectivity index (χ1n) is 6.32. The van der Waals surface area contributed by atoms with E-state index in [9.17, 15) is 10.1 Å². The normalized spacial score (nSPS) is 15.7. The molecule has 20 heavy (non-hydrogen) atoms. The Balaban J connectivity index is 2.09. The SMILES string of the molecule is Cc1ccc(-n2cccc2C2OCCO2)c([N+](=O)[O-])c1. The van der Waals surface area contributed by atoms with Gasteiger partial charge in [0.15, 0.2) is 6.29 Å². The second-order valence-corrected chi connectivity index (χ2v) is 4.63. The van der Waals surface area contributed by atoms with E-state index in [1.165, 1.54) is 0 Å². The van der Waals surface area contributed by atoms with Crippen molar-refractivity contribution in [3.8, 4) is 5.69 Å². The van der Waals surface area contributed by atoms with E-state index >= 15 is 0 Å². The minimum absolute atomic E-state index is 0.0699. The lowest BCUT2D eigenvalue weighted by Gasteiger charge is -2.14. The van der Waals surface area contributed by atoms with E-state index in [4.69, 9.17) is 9.47 Å². The average Bonchev–Trinajstić information content (AvgIpc) is 3.09. The molecule has 0 spiro atoms. The van der Waals surface area contributed by atoms with Crippen LogP contribution >= 0.6 is 0 Å². The van der Waals surface area contributed by atoms with Gasteiger partial charge in [0.1, 0.15) is 5.69 Å². The first-order valence-corrected chi connectivity index (χ1v) is 6.32. The van der Waals surface area contributed by atoms with Crippen molar-refractivity contribution in [3.05, 3.63) is 57.9 Å². The van der Waals surface area contributed by atoms with Gasteiger partial charge in [0, 0.05) is 12.3 Å². The number of aryl methyl sites for hydroxylation is 1. The number of hydrogen-bond donors (Lipinski definition) is 0. The molecule has 0 radical (unpaired) electrons. The summed E-state index contributed by atoms with van der Waals surface area (Å²) in [5, 5.41) is 11.2. The monoisotopic (exact) mass is 274 g/mol. The molecule has 0 saturated carbocycles. The third-order valence-electron chi connectivity index (χ3n) is 3.23. The standard InChI is InChI=1S/C14H14N2O4/c1-10-4-5-11(13(9-10)16(17)18)15-6-2-3-12(15)14-19-7-8-20-14/h2-6,9,14H,7-8H2,1H3. The predicted octanol–water partition coefficient (Wildman–Crippen LogP) is 2.74. The third-order valence-corrected chi connectivity index (χ3v) is 3.23. The van der Waals surface area contributed by atoms with Gasteiger partial charge < -0.3 is 14.0 Å². The molecule has 0 N–H and O–H groups in total. The summed E-state index contributed by atoms with van der Waals surface area (Å²) in [6.45, 7) is 2.90. The van der Waals surface area contributed by atoms with Crippen molar-refractivity contribution in [2.24, 2.45) is 0 Å². The fourth-order valence-electron chi connectivity index (χ4n) is 2.32. The van der Waals surface area contributed by atoms with Gasteiger partial charge >= 0.3 is 0 Å². The van der Waals surface area contributed by atoms with E-state index in [-0.39, 0.29) is 10.6 Å². The predicted molar refractivity (Wildman–Crippen MR) is 71.8 cm³/mol. The van der Waals surface area contributed by atoms with E-state index in [0.29, 0.717) is 18.9 Å². The zero-order valence-corrected chi connectivity index (χ0v) is 11.0. The smallest absolute Gasteiger partial charge is 0.293 e. The summed E-state index contributed by atoms with van der Waals surface area (Å²) in [4.78, 5) is 10.9. The molecule has 0 aliphatic carbocycles. The van der Waals surface area contributed by atoms with Gasteiger partial charge in [-0.1, -0.05) is 6.07 Å². The highest BCUT2D eigenvalue weighted by Gasteiger charge is 2.24. The number of nitrogens with zero attached hydrogens (tertiary/aromatic N) is 2. The topological polar surface area (TPSA) is 66.5 Å². The highest BCUT2D eigenvalue weighted by atomic mass is 16.7. The zero-order chi connectivity index (χ0) is 14.1. The number of benzene rings is 1. The Kier molecular flexibility index (Phi) is 3.25. The number of aromatic nitrogens is 1. The molecule has 3 rings (SSSR count). The molecule has 2 aromatic rings. The summed E-state index contributed by atoms with van der Waals surface area (Å²) in [7, 11) is 0. The third kappa shape index (κ3) is 2.19. The zero-order valence-electron chi connectivity index (χ0n) is 11.0. The summed E-state index contributed by atoms with van der Waals surface area (Å²) in [5.41, 5.74) is 2.19. The Hall–Kier alpha value is -2.18. The molecular formula is C14H14N2O4. The molecule has 0 unspecified atom stereocenters. The van der Waals surface area contributed by atoms with Gasteiger partial charge in [-0.3, -0.25) is 10.1 Å². The van der Waals surface area contributed by atoms with E-state index in [0.717, 1.165) is 11.3 Å². The van der Waals surface area contributed by atoms with Crippen molar-refractivity contribution in [2.45, 2.75) is 13.2 Å². The molecule has 6 heteroatoms. The van der Waals surface area contributed by atoms with Gasteiger partial charge in [-0.25, -0.2) is 0 Å². The quantitative estimate of drug-likeness (QED) is 0.637. The molecule has 0 atom stereocenters. The van der Waals surface area contributed by atoms with Crippen molar-refractivity contribution in [3.63, 3.8) is 0 Å². The maximum Gasteiger partial charge on any atom is 0.293 e. The van der Waals surface area contributed by atoms with Crippen LogP contribution in [0, 0.1) is 17.0 Å².